The lowest BCUT2D eigenvalue weighted by Crippen LogP contribution is -2.38. The average Bonchev–Trinajstić information content (AvgIpc) is 3.17. The smallest absolute Gasteiger partial charge is 0.274 e. The largest absolute Gasteiger partial charge is 0.341 e. The van der Waals surface area contributed by atoms with Crippen LogP contribution in [-0.4, -0.2) is 62.6 Å². The van der Waals surface area contributed by atoms with Gasteiger partial charge in [-0.25, -0.2) is 0 Å². The quantitative estimate of drug-likeness (QED) is 0.640. The van der Waals surface area contributed by atoms with Crippen LogP contribution < -0.4 is 0 Å². The molecule has 2 amide bonds. The molecule has 160 valence electrons. The SMILES string of the molecule is CCN1CCN(C(=O)c2ccn(C)n2)CC(Cc2ccc(-c3cccnc3)cc2)C1=O. The van der Waals surface area contributed by atoms with Gasteiger partial charge in [0.2, 0.25) is 5.91 Å². The highest BCUT2D eigenvalue weighted by Crippen LogP contribution is 2.22. The predicted octanol–water partition coefficient (Wildman–Crippen LogP) is 2.65. The van der Waals surface area contributed by atoms with Crippen molar-refractivity contribution < 1.29 is 9.59 Å². The maximum absolute atomic E-state index is 13.1. The van der Waals surface area contributed by atoms with Crippen molar-refractivity contribution >= 4 is 11.8 Å². The van der Waals surface area contributed by atoms with E-state index in [4.69, 9.17) is 0 Å². The van der Waals surface area contributed by atoms with Crippen LogP contribution >= 0.6 is 0 Å². The Bertz CT molecular complexity index is 1050. The standard InChI is InChI=1S/C24H27N5O2/c1-3-28-13-14-29(24(31)22-10-12-27(2)26-22)17-21(23(28)30)15-18-6-8-19(9-7-18)20-5-4-11-25-16-20/h4-12,16,21H,3,13-15,17H2,1-2H3. The molecular weight excluding hydrogens is 390 g/mol. The Morgan fingerprint density at radius 1 is 1.10 bits per heavy atom. The van der Waals surface area contributed by atoms with Crippen LogP contribution in [0.2, 0.25) is 0 Å². The van der Waals surface area contributed by atoms with Gasteiger partial charge in [-0.2, -0.15) is 5.10 Å². The molecule has 1 unspecified atom stereocenters. The molecule has 0 aliphatic carbocycles. The fraction of sp³-hybridized carbons (Fsp3) is 0.333. The van der Waals surface area contributed by atoms with Gasteiger partial charge < -0.3 is 9.80 Å². The Hall–Kier alpha value is -3.48. The van der Waals surface area contributed by atoms with E-state index in [-0.39, 0.29) is 17.7 Å². The van der Waals surface area contributed by atoms with Gasteiger partial charge in [0.1, 0.15) is 5.69 Å². The molecule has 0 spiro atoms. The Morgan fingerprint density at radius 2 is 1.90 bits per heavy atom. The van der Waals surface area contributed by atoms with Crippen molar-refractivity contribution in [2.75, 3.05) is 26.2 Å². The number of nitrogens with zero attached hydrogens (tertiary/aromatic N) is 5. The molecule has 1 aromatic carbocycles. The Labute approximate surface area is 182 Å². The van der Waals surface area contributed by atoms with Crippen molar-refractivity contribution in [3.63, 3.8) is 0 Å². The minimum Gasteiger partial charge on any atom is -0.341 e. The van der Waals surface area contributed by atoms with Crippen LogP contribution in [0.15, 0.2) is 61.1 Å². The molecule has 0 bridgehead atoms. The number of likely N-dealkylation sites (N-methyl/N-ethyl adjacent to an activating group) is 1. The number of hydrogen-bond acceptors (Lipinski definition) is 4. The number of aromatic nitrogens is 3. The van der Waals surface area contributed by atoms with Gasteiger partial charge in [-0.15, -0.1) is 0 Å². The fourth-order valence-electron chi connectivity index (χ4n) is 4.04. The molecule has 3 aromatic rings. The molecule has 0 saturated carbocycles. The molecule has 4 rings (SSSR count). The molecule has 0 N–H and O–H groups in total. The van der Waals surface area contributed by atoms with Crippen molar-refractivity contribution in [3.8, 4) is 11.1 Å². The highest BCUT2D eigenvalue weighted by Gasteiger charge is 2.32. The van der Waals surface area contributed by atoms with E-state index in [9.17, 15) is 9.59 Å². The van der Waals surface area contributed by atoms with Crippen molar-refractivity contribution in [2.45, 2.75) is 13.3 Å². The summed E-state index contributed by atoms with van der Waals surface area (Å²) in [6.45, 7) is 4.08. The van der Waals surface area contributed by atoms with Crippen LogP contribution in [0.4, 0.5) is 0 Å². The fourth-order valence-corrected chi connectivity index (χ4v) is 4.04. The van der Waals surface area contributed by atoms with E-state index in [1.165, 1.54) is 0 Å². The lowest BCUT2D eigenvalue weighted by Gasteiger charge is -2.23. The maximum atomic E-state index is 13.1. The van der Waals surface area contributed by atoms with Gasteiger partial charge in [0.15, 0.2) is 0 Å². The van der Waals surface area contributed by atoms with Crippen molar-refractivity contribution in [1.29, 1.82) is 0 Å². The van der Waals surface area contributed by atoms with Crippen molar-refractivity contribution in [2.24, 2.45) is 13.0 Å². The van der Waals surface area contributed by atoms with Gasteiger partial charge in [-0.05, 0) is 42.2 Å². The zero-order chi connectivity index (χ0) is 21.8. The molecule has 31 heavy (non-hydrogen) atoms. The van der Waals surface area contributed by atoms with Crippen LogP contribution in [0.25, 0.3) is 11.1 Å². The second-order valence-corrected chi connectivity index (χ2v) is 7.88. The Balaban J connectivity index is 1.52. The second-order valence-electron chi connectivity index (χ2n) is 7.88. The highest BCUT2D eigenvalue weighted by molar-refractivity contribution is 5.93. The number of aryl methyl sites for hydroxylation is 1. The minimum absolute atomic E-state index is 0.107. The third-order valence-electron chi connectivity index (χ3n) is 5.77. The van der Waals surface area contributed by atoms with E-state index < -0.39 is 0 Å². The van der Waals surface area contributed by atoms with Gasteiger partial charge in [-0.3, -0.25) is 19.3 Å². The van der Waals surface area contributed by atoms with Crippen LogP contribution in [0, 0.1) is 5.92 Å². The maximum Gasteiger partial charge on any atom is 0.274 e. The second kappa shape index (κ2) is 9.12. The first-order chi connectivity index (χ1) is 15.0. The number of pyridine rings is 1. The van der Waals surface area contributed by atoms with E-state index in [2.05, 4.69) is 34.3 Å². The summed E-state index contributed by atoms with van der Waals surface area (Å²) in [7, 11) is 1.79. The zero-order valence-electron chi connectivity index (χ0n) is 17.9. The molecule has 1 fully saturated rings. The van der Waals surface area contributed by atoms with Gasteiger partial charge in [0.05, 0.1) is 5.92 Å². The Kier molecular flexibility index (Phi) is 6.11. The molecule has 0 radical (unpaired) electrons. The summed E-state index contributed by atoms with van der Waals surface area (Å²) in [5.74, 6) is -0.294. The third kappa shape index (κ3) is 4.66. The molecule has 7 heteroatoms. The van der Waals surface area contributed by atoms with E-state index in [1.807, 2.05) is 30.2 Å². The summed E-state index contributed by atoms with van der Waals surface area (Å²) in [6.07, 6.45) is 5.95. The summed E-state index contributed by atoms with van der Waals surface area (Å²) in [6, 6.07) is 13.9. The average molecular weight is 418 g/mol. The third-order valence-corrected chi connectivity index (χ3v) is 5.77. The van der Waals surface area contributed by atoms with Gasteiger partial charge in [0, 0.05) is 51.8 Å². The molecule has 2 aromatic heterocycles. The summed E-state index contributed by atoms with van der Waals surface area (Å²) < 4.78 is 1.62. The number of rotatable bonds is 5. The van der Waals surface area contributed by atoms with Crippen LogP contribution in [-0.2, 0) is 18.3 Å². The van der Waals surface area contributed by atoms with Gasteiger partial charge in [-0.1, -0.05) is 30.3 Å². The lowest BCUT2D eigenvalue weighted by molar-refractivity contribution is -0.134. The number of amides is 2. The highest BCUT2D eigenvalue weighted by atomic mass is 16.2. The zero-order valence-corrected chi connectivity index (χ0v) is 17.9. The number of hydrogen-bond donors (Lipinski definition) is 0. The number of carbonyl (C=O) groups excluding carboxylic acids is 2. The predicted molar refractivity (Wildman–Crippen MR) is 118 cm³/mol. The first-order valence-corrected chi connectivity index (χ1v) is 10.6. The molecule has 1 atom stereocenters. The van der Waals surface area contributed by atoms with Crippen LogP contribution in [0.3, 0.4) is 0 Å². The van der Waals surface area contributed by atoms with Crippen molar-refractivity contribution in [1.82, 2.24) is 24.6 Å². The Morgan fingerprint density at radius 3 is 2.55 bits per heavy atom. The summed E-state index contributed by atoms with van der Waals surface area (Å²) >= 11 is 0. The molecule has 1 saturated heterocycles. The normalized spacial score (nSPS) is 17.0. The van der Waals surface area contributed by atoms with E-state index in [1.54, 1.807) is 35.1 Å². The number of carbonyl (C=O) groups is 2. The molecular formula is C24H27N5O2. The summed E-state index contributed by atoms with van der Waals surface area (Å²) in [5.41, 5.74) is 3.64. The van der Waals surface area contributed by atoms with Crippen LogP contribution in [0.5, 0.6) is 0 Å². The first kappa shape index (κ1) is 20.8. The summed E-state index contributed by atoms with van der Waals surface area (Å²) in [5, 5.41) is 4.24. The lowest BCUT2D eigenvalue weighted by atomic mass is 9.96. The van der Waals surface area contributed by atoms with E-state index >= 15 is 0 Å². The van der Waals surface area contributed by atoms with E-state index in [0.717, 1.165) is 16.7 Å². The first-order valence-electron chi connectivity index (χ1n) is 10.6. The van der Waals surface area contributed by atoms with Crippen molar-refractivity contribution in [3.05, 3.63) is 72.3 Å². The number of benzene rings is 1. The molecule has 3 heterocycles. The molecule has 1 aliphatic rings. The van der Waals surface area contributed by atoms with E-state index in [0.29, 0.717) is 38.3 Å². The molecule has 1 aliphatic heterocycles. The van der Waals surface area contributed by atoms with Gasteiger partial charge >= 0.3 is 0 Å². The van der Waals surface area contributed by atoms with Crippen LogP contribution in [0.1, 0.15) is 23.0 Å². The minimum atomic E-state index is -0.278. The summed E-state index contributed by atoms with van der Waals surface area (Å²) in [4.78, 5) is 33.9. The molecule has 7 nitrogen and oxygen atoms in total. The van der Waals surface area contributed by atoms with Gasteiger partial charge in [0.25, 0.3) is 5.91 Å². The topological polar surface area (TPSA) is 71.3 Å². The monoisotopic (exact) mass is 417 g/mol.